The molecule has 9 heteroatoms. The number of hydrogen-bond donors (Lipinski definition) is 0. The van der Waals surface area contributed by atoms with Gasteiger partial charge in [0.05, 0.1) is 11.8 Å². The normalized spacial score (nSPS) is 17.3. The number of aromatic nitrogens is 4. The van der Waals surface area contributed by atoms with Crippen LogP contribution in [-0.4, -0.2) is 36.7 Å². The van der Waals surface area contributed by atoms with Crippen molar-refractivity contribution in [1.29, 1.82) is 0 Å². The predicted octanol–water partition coefficient (Wildman–Crippen LogP) is -0.220. The summed E-state index contributed by atoms with van der Waals surface area (Å²) in [5, 5.41) is 5.87. The number of carbonyl (C=O) groups excluding carboxylic acids is 1. The van der Waals surface area contributed by atoms with E-state index in [4.69, 9.17) is 0 Å². The number of nitrogens with zero attached hydrogens (tertiary/aromatic N) is 6. The highest BCUT2D eigenvalue weighted by atomic mass is 16.2. The summed E-state index contributed by atoms with van der Waals surface area (Å²) >= 11 is 0. The molecule has 0 saturated carbocycles. The van der Waals surface area contributed by atoms with E-state index in [2.05, 4.69) is 10.1 Å². The number of ketones is 1. The maximum absolute atomic E-state index is 12.6. The highest BCUT2D eigenvalue weighted by Crippen LogP contribution is 2.29. The van der Waals surface area contributed by atoms with E-state index in [-0.39, 0.29) is 18.4 Å². The van der Waals surface area contributed by atoms with Crippen molar-refractivity contribution in [1.82, 2.24) is 18.7 Å². The van der Waals surface area contributed by atoms with E-state index in [0.29, 0.717) is 17.1 Å². The molecule has 0 fully saturated rings. The van der Waals surface area contributed by atoms with E-state index < -0.39 is 11.2 Å². The fourth-order valence-electron chi connectivity index (χ4n) is 2.77. The number of hydrogen-bond acceptors (Lipinski definition) is 6. The smallest absolute Gasteiger partial charge is 0.298 e. The Morgan fingerprint density at radius 1 is 1.22 bits per heavy atom. The van der Waals surface area contributed by atoms with Gasteiger partial charge in [0.1, 0.15) is 6.54 Å². The van der Waals surface area contributed by atoms with Crippen molar-refractivity contribution in [3.63, 3.8) is 0 Å². The summed E-state index contributed by atoms with van der Waals surface area (Å²) in [6.45, 7) is 5.25. The molecule has 0 amide bonds. The lowest BCUT2D eigenvalue weighted by atomic mass is 10.2. The molecule has 0 bridgehead atoms. The van der Waals surface area contributed by atoms with Crippen LogP contribution in [0.1, 0.15) is 26.8 Å². The third-order valence-electron chi connectivity index (χ3n) is 4.15. The summed E-state index contributed by atoms with van der Waals surface area (Å²) in [7, 11) is 3.00. The van der Waals surface area contributed by atoms with Gasteiger partial charge in [0.2, 0.25) is 5.95 Å². The van der Waals surface area contributed by atoms with Crippen LogP contribution < -0.4 is 16.3 Å². The standard InChI is InChI=1S/C14H18N6O3/c1-7(21)6-19-13-15-11-10(20(13)9(3)8(2)16-19)12(22)18(5)14(23)17(11)4/h9H,6H2,1-5H3. The first kappa shape index (κ1) is 15.2. The Hall–Kier alpha value is -2.71. The van der Waals surface area contributed by atoms with Crippen LogP contribution in [0.15, 0.2) is 14.7 Å². The van der Waals surface area contributed by atoms with Crippen LogP contribution in [0, 0.1) is 0 Å². The highest BCUT2D eigenvalue weighted by Gasteiger charge is 2.30. The predicted molar refractivity (Wildman–Crippen MR) is 86.1 cm³/mol. The first-order valence-corrected chi connectivity index (χ1v) is 7.24. The van der Waals surface area contributed by atoms with Gasteiger partial charge in [-0.2, -0.15) is 10.1 Å². The molecule has 0 spiro atoms. The molecule has 0 aromatic carbocycles. The molecule has 1 aliphatic rings. The minimum absolute atomic E-state index is 0.0572. The number of aryl methyl sites for hydroxylation is 1. The second kappa shape index (κ2) is 4.90. The number of Topliss-reactive ketones (excluding diaryl/α,β-unsaturated/α-hetero) is 1. The van der Waals surface area contributed by atoms with Crippen molar-refractivity contribution < 1.29 is 4.79 Å². The van der Waals surface area contributed by atoms with E-state index >= 15 is 0 Å². The third kappa shape index (κ3) is 2.03. The zero-order valence-corrected chi connectivity index (χ0v) is 13.7. The fraction of sp³-hybridized carbons (Fsp3) is 0.500. The minimum Gasteiger partial charge on any atom is -0.298 e. The van der Waals surface area contributed by atoms with Gasteiger partial charge in [-0.25, -0.2) is 9.80 Å². The molecule has 9 nitrogen and oxygen atoms in total. The number of rotatable bonds is 2. The average molecular weight is 318 g/mol. The Labute approximate surface area is 131 Å². The van der Waals surface area contributed by atoms with Gasteiger partial charge in [0, 0.05) is 14.1 Å². The van der Waals surface area contributed by atoms with Crippen molar-refractivity contribution in [2.24, 2.45) is 19.2 Å². The zero-order valence-electron chi connectivity index (χ0n) is 13.7. The number of carbonyl (C=O) groups is 1. The number of hydrazone groups is 1. The maximum atomic E-state index is 12.6. The Morgan fingerprint density at radius 3 is 2.48 bits per heavy atom. The lowest BCUT2D eigenvalue weighted by molar-refractivity contribution is -0.115. The lowest BCUT2D eigenvalue weighted by Gasteiger charge is -2.28. The molecule has 2 aromatic rings. The van der Waals surface area contributed by atoms with Gasteiger partial charge < -0.3 is 0 Å². The highest BCUT2D eigenvalue weighted by molar-refractivity contribution is 5.92. The largest absolute Gasteiger partial charge is 0.332 e. The molecule has 3 rings (SSSR count). The number of imidazole rings is 1. The van der Waals surface area contributed by atoms with Gasteiger partial charge >= 0.3 is 5.69 Å². The van der Waals surface area contributed by atoms with Gasteiger partial charge in [-0.1, -0.05) is 0 Å². The van der Waals surface area contributed by atoms with Crippen LogP contribution in [0.4, 0.5) is 5.95 Å². The van der Waals surface area contributed by atoms with E-state index in [0.717, 1.165) is 10.3 Å². The molecule has 23 heavy (non-hydrogen) atoms. The zero-order chi connectivity index (χ0) is 17.0. The SMILES string of the molecule is CC(=O)CN1N=C(C)C(C)n2c1nc1c2c(=O)n(C)c(=O)n1C. The summed E-state index contributed by atoms with van der Waals surface area (Å²) in [6.07, 6.45) is 0. The van der Waals surface area contributed by atoms with Gasteiger partial charge in [0.25, 0.3) is 5.56 Å². The summed E-state index contributed by atoms with van der Waals surface area (Å²) in [6, 6.07) is -0.191. The Balaban J connectivity index is 2.43. The van der Waals surface area contributed by atoms with Gasteiger partial charge in [-0.3, -0.25) is 23.3 Å². The van der Waals surface area contributed by atoms with Gasteiger partial charge in [0.15, 0.2) is 16.9 Å². The van der Waals surface area contributed by atoms with Crippen molar-refractivity contribution in [3.8, 4) is 0 Å². The van der Waals surface area contributed by atoms with E-state index in [1.165, 1.54) is 23.5 Å². The molecule has 122 valence electrons. The van der Waals surface area contributed by atoms with Crippen LogP contribution in [0.5, 0.6) is 0 Å². The molecular weight excluding hydrogens is 300 g/mol. The quantitative estimate of drug-likeness (QED) is 0.763. The van der Waals surface area contributed by atoms with Crippen LogP contribution in [0.2, 0.25) is 0 Å². The summed E-state index contributed by atoms with van der Waals surface area (Å²) in [5.41, 5.74) is 0.528. The Morgan fingerprint density at radius 2 is 1.87 bits per heavy atom. The Bertz CT molecular complexity index is 977. The average Bonchev–Trinajstić information content (AvgIpc) is 2.88. The number of fused-ring (bicyclic) bond motifs is 3. The molecule has 3 heterocycles. The molecule has 1 atom stereocenters. The lowest BCUT2D eigenvalue weighted by Crippen LogP contribution is -2.39. The van der Waals surface area contributed by atoms with E-state index in [9.17, 15) is 14.4 Å². The van der Waals surface area contributed by atoms with Crippen molar-refractivity contribution in [2.75, 3.05) is 11.6 Å². The van der Waals surface area contributed by atoms with E-state index in [1.807, 2.05) is 13.8 Å². The van der Waals surface area contributed by atoms with Crippen molar-refractivity contribution >= 4 is 28.6 Å². The monoisotopic (exact) mass is 318 g/mol. The van der Waals surface area contributed by atoms with Crippen molar-refractivity contribution in [2.45, 2.75) is 26.8 Å². The minimum atomic E-state index is -0.443. The van der Waals surface area contributed by atoms with Gasteiger partial charge in [-0.05, 0) is 20.8 Å². The molecule has 1 unspecified atom stereocenters. The molecule has 2 aromatic heterocycles. The van der Waals surface area contributed by atoms with Gasteiger partial charge in [-0.15, -0.1) is 0 Å². The molecule has 0 aliphatic carbocycles. The summed E-state index contributed by atoms with van der Waals surface area (Å²) in [4.78, 5) is 40.6. The summed E-state index contributed by atoms with van der Waals surface area (Å²) < 4.78 is 4.12. The van der Waals surface area contributed by atoms with Crippen molar-refractivity contribution in [3.05, 3.63) is 20.8 Å². The first-order chi connectivity index (χ1) is 10.7. The second-order valence-electron chi connectivity index (χ2n) is 5.84. The fourth-order valence-corrected chi connectivity index (χ4v) is 2.77. The maximum Gasteiger partial charge on any atom is 0.332 e. The first-order valence-electron chi connectivity index (χ1n) is 7.24. The molecule has 0 radical (unpaired) electrons. The second-order valence-corrected chi connectivity index (χ2v) is 5.84. The molecule has 1 aliphatic heterocycles. The van der Waals surface area contributed by atoms with Crippen LogP contribution >= 0.6 is 0 Å². The van der Waals surface area contributed by atoms with E-state index in [1.54, 1.807) is 11.6 Å². The van der Waals surface area contributed by atoms with Crippen LogP contribution in [-0.2, 0) is 18.9 Å². The third-order valence-corrected chi connectivity index (χ3v) is 4.15. The molecule has 0 N–H and O–H groups in total. The Kier molecular flexibility index (Phi) is 3.24. The number of anilines is 1. The van der Waals surface area contributed by atoms with Crippen LogP contribution in [0.25, 0.3) is 11.2 Å². The molecule has 0 saturated heterocycles. The van der Waals surface area contributed by atoms with Crippen LogP contribution in [0.3, 0.4) is 0 Å². The topological polar surface area (TPSA) is 94.5 Å². The molecular formula is C14H18N6O3. The summed E-state index contributed by atoms with van der Waals surface area (Å²) in [5.74, 6) is 0.322.